The van der Waals surface area contributed by atoms with E-state index >= 15 is 0 Å². The predicted molar refractivity (Wildman–Crippen MR) is 123 cm³/mol. The molecule has 0 aromatic heterocycles. The van der Waals surface area contributed by atoms with E-state index in [2.05, 4.69) is 10.6 Å². The Morgan fingerprint density at radius 1 is 0.829 bits per heavy atom. The Bertz CT molecular complexity index is 1180. The van der Waals surface area contributed by atoms with Crippen molar-refractivity contribution in [1.82, 2.24) is 9.21 Å². The van der Waals surface area contributed by atoms with Crippen molar-refractivity contribution in [2.24, 2.45) is 0 Å². The number of likely N-dealkylation sites (tertiary alicyclic amines) is 1. The van der Waals surface area contributed by atoms with Gasteiger partial charge in [0.1, 0.15) is 6.04 Å². The lowest BCUT2D eigenvalue weighted by atomic mass is 10.2. The Kier molecular flexibility index (Phi) is 7.04. The van der Waals surface area contributed by atoms with Crippen LogP contribution in [0.1, 0.15) is 31.2 Å². The molecule has 0 radical (unpaired) electrons. The van der Waals surface area contributed by atoms with Gasteiger partial charge in [0.2, 0.25) is 15.9 Å². The van der Waals surface area contributed by atoms with Crippen LogP contribution in [0.15, 0.2) is 53.4 Å². The van der Waals surface area contributed by atoms with Crippen molar-refractivity contribution in [3.8, 4) is 0 Å². The van der Waals surface area contributed by atoms with E-state index < -0.39 is 33.8 Å². The van der Waals surface area contributed by atoms with Gasteiger partial charge in [-0.15, -0.1) is 0 Å². The Labute approximate surface area is 201 Å². The van der Waals surface area contributed by atoms with Crippen LogP contribution in [0.2, 0.25) is 0 Å². The zero-order chi connectivity index (χ0) is 25.2. The van der Waals surface area contributed by atoms with E-state index in [-0.39, 0.29) is 23.0 Å². The van der Waals surface area contributed by atoms with Gasteiger partial charge in [-0.25, -0.2) is 13.2 Å². The summed E-state index contributed by atoms with van der Waals surface area (Å²) >= 11 is 0. The lowest BCUT2D eigenvalue weighted by molar-refractivity contribution is -0.137. The number of alkyl halides is 3. The number of halogens is 3. The lowest BCUT2D eigenvalue weighted by Crippen LogP contribution is -2.46. The first-order valence-electron chi connectivity index (χ1n) is 11.2. The molecule has 4 rings (SSSR count). The summed E-state index contributed by atoms with van der Waals surface area (Å²) in [6.07, 6.45) is -1.54. The van der Waals surface area contributed by atoms with Crippen molar-refractivity contribution >= 4 is 33.3 Å². The Balaban J connectivity index is 1.39. The molecule has 2 aromatic carbocycles. The molecule has 3 amide bonds. The number of amides is 3. The van der Waals surface area contributed by atoms with Gasteiger partial charge < -0.3 is 15.5 Å². The van der Waals surface area contributed by atoms with Gasteiger partial charge in [0.05, 0.1) is 10.5 Å². The van der Waals surface area contributed by atoms with E-state index in [1.165, 1.54) is 28.6 Å². The van der Waals surface area contributed by atoms with Crippen LogP contribution in [0, 0.1) is 0 Å². The molecule has 2 fully saturated rings. The third-order valence-corrected chi connectivity index (χ3v) is 8.02. The van der Waals surface area contributed by atoms with Crippen LogP contribution in [-0.2, 0) is 21.0 Å². The van der Waals surface area contributed by atoms with E-state index in [4.69, 9.17) is 0 Å². The number of nitrogens with one attached hydrogen (secondary N) is 2. The summed E-state index contributed by atoms with van der Waals surface area (Å²) in [6.45, 7) is 1.57. The summed E-state index contributed by atoms with van der Waals surface area (Å²) in [6, 6.07) is 8.09. The maximum absolute atomic E-state index is 13.2. The number of hydrogen-bond acceptors (Lipinski definition) is 4. The van der Waals surface area contributed by atoms with E-state index in [0.717, 1.165) is 37.1 Å². The van der Waals surface area contributed by atoms with Gasteiger partial charge in [-0.05, 0) is 74.2 Å². The average molecular weight is 511 g/mol. The summed E-state index contributed by atoms with van der Waals surface area (Å²) in [4.78, 5) is 26.8. The first-order valence-corrected chi connectivity index (χ1v) is 12.7. The van der Waals surface area contributed by atoms with Gasteiger partial charge in [-0.3, -0.25) is 4.79 Å². The smallest absolute Gasteiger partial charge is 0.341 e. The molecule has 2 N–H and O–H groups in total. The number of rotatable bonds is 5. The van der Waals surface area contributed by atoms with Crippen LogP contribution < -0.4 is 10.6 Å². The SMILES string of the molecule is O=C(Nc1ccc(C(F)(F)F)cc1)Nc1ccc(S(=O)(=O)N2CCC[C@H]2C(=O)N2CCCC2)cc1. The number of anilines is 2. The number of benzene rings is 2. The molecule has 0 unspecified atom stereocenters. The van der Waals surface area contributed by atoms with Crippen molar-refractivity contribution in [3.63, 3.8) is 0 Å². The molecule has 2 heterocycles. The largest absolute Gasteiger partial charge is 0.416 e. The highest BCUT2D eigenvalue weighted by molar-refractivity contribution is 7.89. The van der Waals surface area contributed by atoms with Gasteiger partial charge in [0.15, 0.2) is 0 Å². The molecule has 8 nitrogen and oxygen atoms in total. The van der Waals surface area contributed by atoms with E-state index in [1.54, 1.807) is 4.90 Å². The summed E-state index contributed by atoms with van der Waals surface area (Å²) in [5, 5.41) is 4.92. The normalized spacial score (nSPS) is 19.1. The number of hydrogen-bond donors (Lipinski definition) is 2. The quantitative estimate of drug-likeness (QED) is 0.632. The second-order valence-electron chi connectivity index (χ2n) is 8.48. The van der Waals surface area contributed by atoms with Gasteiger partial charge in [0, 0.05) is 31.0 Å². The standard InChI is InChI=1S/C23H25F3N4O4S/c24-23(25,26)16-5-7-17(8-6-16)27-22(32)28-18-9-11-19(12-10-18)35(33,34)30-15-3-4-20(30)21(31)29-13-1-2-14-29/h5-12,20H,1-4,13-15H2,(H2,27,28,32)/t20-/m0/s1. The summed E-state index contributed by atoms with van der Waals surface area (Å²) in [5.74, 6) is -0.151. The fourth-order valence-corrected chi connectivity index (χ4v) is 5.96. The highest BCUT2D eigenvalue weighted by Gasteiger charge is 2.41. The maximum Gasteiger partial charge on any atom is 0.416 e. The van der Waals surface area contributed by atoms with Gasteiger partial charge in [0.25, 0.3) is 0 Å². The van der Waals surface area contributed by atoms with Crippen LogP contribution in [0.4, 0.5) is 29.3 Å². The van der Waals surface area contributed by atoms with Crippen LogP contribution in [0.3, 0.4) is 0 Å². The van der Waals surface area contributed by atoms with Crippen LogP contribution in [0.25, 0.3) is 0 Å². The zero-order valence-corrected chi connectivity index (χ0v) is 19.5. The van der Waals surface area contributed by atoms with E-state index in [0.29, 0.717) is 31.6 Å². The maximum atomic E-state index is 13.2. The van der Waals surface area contributed by atoms with Crippen molar-refractivity contribution < 1.29 is 31.2 Å². The third kappa shape index (κ3) is 5.59. The third-order valence-electron chi connectivity index (χ3n) is 6.10. The number of carbonyl (C=O) groups is 2. The average Bonchev–Trinajstić information content (AvgIpc) is 3.51. The molecule has 35 heavy (non-hydrogen) atoms. The summed E-state index contributed by atoms with van der Waals surface area (Å²) < 4.78 is 65.6. The molecule has 0 bridgehead atoms. The fourth-order valence-electron chi connectivity index (χ4n) is 4.30. The van der Waals surface area contributed by atoms with Crippen molar-refractivity contribution in [2.45, 2.75) is 42.8 Å². The number of sulfonamides is 1. The lowest BCUT2D eigenvalue weighted by Gasteiger charge is -2.27. The Morgan fingerprint density at radius 3 is 1.91 bits per heavy atom. The molecule has 12 heteroatoms. The molecule has 188 valence electrons. The van der Waals surface area contributed by atoms with Crippen molar-refractivity contribution in [2.75, 3.05) is 30.3 Å². The van der Waals surface area contributed by atoms with Crippen LogP contribution in [-0.4, -0.2) is 55.2 Å². The number of carbonyl (C=O) groups excluding carboxylic acids is 2. The second-order valence-corrected chi connectivity index (χ2v) is 10.4. The topological polar surface area (TPSA) is 98.8 Å². The highest BCUT2D eigenvalue weighted by atomic mass is 32.2. The van der Waals surface area contributed by atoms with Gasteiger partial charge in [-0.2, -0.15) is 17.5 Å². The second kappa shape index (κ2) is 9.86. The Hall–Kier alpha value is -3.12. The summed E-state index contributed by atoms with van der Waals surface area (Å²) in [7, 11) is -3.91. The summed E-state index contributed by atoms with van der Waals surface area (Å²) in [5.41, 5.74) is -0.375. The minimum atomic E-state index is -4.47. The molecule has 2 saturated heterocycles. The molecular formula is C23H25F3N4O4S. The van der Waals surface area contributed by atoms with E-state index in [9.17, 15) is 31.2 Å². The zero-order valence-electron chi connectivity index (χ0n) is 18.7. The molecule has 0 spiro atoms. The monoisotopic (exact) mass is 510 g/mol. The molecule has 2 aliphatic rings. The highest BCUT2D eigenvalue weighted by Crippen LogP contribution is 2.30. The molecule has 1 atom stereocenters. The predicted octanol–water partition coefficient (Wildman–Crippen LogP) is 4.12. The minimum absolute atomic E-state index is 0.00678. The molecule has 2 aromatic rings. The Morgan fingerprint density at radius 2 is 1.37 bits per heavy atom. The van der Waals surface area contributed by atoms with Crippen molar-refractivity contribution in [1.29, 1.82) is 0 Å². The molecule has 0 aliphatic carbocycles. The van der Waals surface area contributed by atoms with Crippen LogP contribution in [0.5, 0.6) is 0 Å². The molecule has 2 aliphatic heterocycles. The van der Waals surface area contributed by atoms with Crippen LogP contribution >= 0.6 is 0 Å². The fraction of sp³-hybridized carbons (Fsp3) is 0.391. The van der Waals surface area contributed by atoms with Gasteiger partial charge >= 0.3 is 12.2 Å². The van der Waals surface area contributed by atoms with Gasteiger partial charge in [-0.1, -0.05) is 0 Å². The minimum Gasteiger partial charge on any atom is -0.341 e. The molecule has 0 saturated carbocycles. The first-order chi connectivity index (χ1) is 16.6. The van der Waals surface area contributed by atoms with Crippen molar-refractivity contribution in [3.05, 3.63) is 54.1 Å². The number of urea groups is 1. The van der Waals surface area contributed by atoms with E-state index in [1.807, 2.05) is 0 Å². The molecular weight excluding hydrogens is 485 g/mol. The number of nitrogens with zero attached hydrogens (tertiary/aromatic N) is 2. The first kappa shape index (κ1) is 25.0.